The first-order chi connectivity index (χ1) is 7.22. The van der Waals surface area contributed by atoms with Gasteiger partial charge in [0.2, 0.25) is 0 Å². The van der Waals surface area contributed by atoms with Crippen LogP contribution in [0.2, 0.25) is 0 Å². The molecule has 0 heterocycles. The Hall–Kier alpha value is 0.470. The number of rotatable bonds is 10. The first kappa shape index (κ1) is 18.8. The molecule has 0 saturated carbocycles. The third-order valence-corrected chi connectivity index (χ3v) is 3.00. The van der Waals surface area contributed by atoms with Crippen LogP contribution >= 0.6 is 0 Å². The minimum atomic E-state index is -0.622. The van der Waals surface area contributed by atoms with Crippen LogP contribution in [0.3, 0.4) is 0 Å². The van der Waals surface area contributed by atoms with Gasteiger partial charge < -0.3 is 6.53 Å². The van der Waals surface area contributed by atoms with Gasteiger partial charge in [0.1, 0.15) is 0 Å². The largest absolute Gasteiger partial charge is 1.00 e. The second kappa shape index (κ2) is 13.5. The van der Waals surface area contributed by atoms with Gasteiger partial charge in [-0.05, 0) is 12.8 Å². The van der Waals surface area contributed by atoms with Crippen LogP contribution in [-0.2, 0) is 4.79 Å². The van der Waals surface area contributed by atoms with Gasteiger partial charge in [-0.15, -0.1) is 0 Å². The summed E-state index contributed by atoms with van der Waals surface area (Å²) in [5.41, 5.74) is 0. The van der Waals surface area contributed by atoms with Gasteiger partial charge in [0.25, 0.3) is 0 Å². The van der Waals surface area contributed by atoms with Crippen molar-refractivity contribution < 1.29 is 40.9 Å². The van der Waals surface area contributed by atoms with E-state index in [2.05, 4.69) is 6.92 Å². The Morgan fingerprint density at radius 2 is 1.56 bits per heavy atom. The summed E-state index contributed by atoms with van der Waals surface area (Å²) in [6.07, 6.45) is 10.5. The molecule has 0 aromatic carbocycles. The first-order valence-corrected chi connectivity index (χ1v) is 6.45. The molecule has 0 spiro atoms. The predicted octanol–water partition coefficient (Wildman–Crippen LogP) is 1.35. The topological polar surface area (TPSA) is 37.3 Å². The fourth-order valence-corrected chi connectivity index (χ4v) is 1.85. The fourth-order valence-electron chi connectivity index (χ4n) is 1.85. The summed E-state index contributed by atoms with van der Waals surface area (Å²) in [5.74, 6) is -0.732. The third-order valence-electron chi connectivity index (χ3n) is 3.00. The molecule has 0 saturated heterocycles. The molecule has 0 aliphatic carbocycles. The van der Waals surface area contributed by atoms with E-state index in [9.17, 15) is 4.79 Å². The molecule has 0 aliphatic heterocycles. The van der Waals surface area contributed by atoms with E-state index in [1.165, 1.54) is 38.5 Å². The third kappa shape index (κ3) is 11.0. The van der Waals surface area contributed by atoms with E-state index in [0.29, 0.717) is 0 Å². The first-order valence-electron chi connectivity index (χ1n) is 6.45. The number of hydrogen-bond acceptors (Lipinski definition) is 1. The maximum Gasteiger partial charge on any atom is 1.00 e. The van der Waals surface area contributed by atoms with E-state index in [4.69, 9.17) is 5.11 Å². The summed E-state index contributed by atoms with van der Waals surface area (Å²) >= 11 is 0. The van der Waals surface area contributed by atoms with Crippen molar-refractivity contribution in [1.82, 2.24) is 0 Å². The van der Waals surface area contributed by atoms with Gasteiger partial charge in [0, 0.05) is 0 Å². The van der Waals surface area contributed by atoms with Gasteiger partial charge in [0.05, 0.1) is 5.92 Å². The molecule has 92 valence electrons. The Morgan fingerprint density at radius 1 is 1.06 bits per heavy atom. The van der Waals surface area contributed by atoms with Crippen LogP contribution in [-0.4, -0.2) is 11.1 Å². The van der Waals surface area contributed by atoms with Crippen molar-refractivity contribution in [2.75, 3.05) is 0 Å². The summed E-state index contributed by atoms with van der Waals surface area (Å²) in [4.78, 5) is 10.7. The van der Waals surface area contributed by atoms with Gasteiger partial charge in [-0.1, -0.05) is 58.8 Å². The molecule has 1 unspecified atom stereocenters. The average Bonchev–Trinajstić information content (AvgIpc) is 2.21. The van der Waals surface area contributed by atoms with Crippen LogP contribution in [0, 0.1) is 5.92 Å². The molecule has 0 bridgehead atoms. The van der Waals surface area contributed by atoms with E-state index in [1.807, 2.05) is 6.92 Å². The van der Waals surface area contributed by atoms with Crippen molar-refractivity contribution >= 4 is 5.97 Å². The molecule has 0 aromatic rings. The molecule has 0 fully saturated rings. The van der Waals surface area contributed by atoms with E-state index < -0.39 is 5.97 Å². The average molecular weight is 238 g/mol. The van der Waals surface area contributed by atoms with Gasteiger partial charge in [0.15, 0.2) is 0 Å². The maximum absolute atomic E-state index is 10.7. The van der Waals surface area contributed by atoms with E-state index in [0.717, 1.165) is 19.3 Å². The Balaban J connectivity index is -0.000000980. The monoisotopic (exact) mass is 238 g/mol. The zero-order chi connectivity index (χ0) is 11.5. The van der Waals surface area contributed by atoms with Crippen LogP contribution in [0.25, 0.3) is 0 Å². The van der Waals surface area contributed by atoms with E-state index >= 15 is 0 Å². The number of unbranched alkanes of at least 4 members (excludes halogenated alkanes) is 6. The molecule has 0 radical (unpaired) electrons. The van der Waals surface area contributed by atoms with Crippen LogP contribution in [0.5, 0.6) is 0 Å². The Bertz CT molecular complexity index is 165. The van der Waals surface area contributed by atoms with Crippen LogP contribution in [0.1, 0.15) is 73.1 Å². The van der Waals surface area contributed by atoms with Crippen molar-refractivity contribution in [2.24, 2.45) is 5.92 Å². The predicted molar refractivity (Wildman–Crippen MR) is 65.1 cm³/mol. The summed E-state index contributed by atoms with van der Waals surface area (Å²) in [6.45, 7) is 4.18. The summed E-state index contributed by atoms with van der Waals surface area (Å²) in [6, 6.07) is 0. The van der Waals surface area contributed by atoms with E-state index in [-0.39, 0.29) is 36.9 Å². The molecule has 1 N–H and O–H groups in total. The van der Waals surface area contributed by atoms with Gasteiger partial charge in [-0.3, -0.25) is 4.79 Å². The van der Waals surface area contributed by atoms with E-state index in [1.54, 1.807) is 0 Å². The second-order valence-electron chi connectivity index (χ2n) is 4.35. The molecule has 0 aromatic heterocycles. The minimum absolute atomic E-state index is 0. The molecule has 16 heavy (non-hydrogen) atoms. The SMILES string of the molecule is CCCCCCCCCC(CC)C(=O)O.[H-].[Na+]. The van der Waals surface area contributed by atoms with Crippen molar-refractivity contribution in [2.45, 2.75) is 71.6 Å². The van der Waals surface area contributed by atoms with Crippen LogP contribution in [0.4, 0.5) is 0 Å². The molecular weight excluding hydrogens is 211 g/mol. The molecule has 0 rings (SSSR count). The van der Waals surface area contributed by atoms with Crippen molar-refractivity contribution in [3.05, 3.63) is 0 Å². The Kier molecular flexibility index (Phi) is 15.9. The molecule has 2 nitrogen and oxygen atoms in total. The summed E-state index contributed by atoms with van der Waals surface area (Å²) < 4.78 is 0. The van der Waals surface area contributed by atoms with Crippen LogP contribution in [0.15, 0.2) is 0 Å². The molecular formula is C13H27NaO2. The number of carboxylic acids is 1. The standard InChI is InChI=1S/C13H26O2.Na.H/c1-3-5-6-7-8-9-10-11-12(4-2)13(14)15;;/h12H,3-11H2,1-2H3,(H,14,15);;/q;+1;-1. The number of aliphatic carboxylic acids is 1. The number of carbonyl (C=O) groups is 1. The zero-order valence-corrected chi connectivity index (χ0v) is 13.3. The van der Waals surface area contributed by atoms with Crippen LogP contribution < -0.4 is 29.6 Å². The molecule has 0 amide bonds. The fraction of sp³-hybridized carbons (Fsp3) is 0.923. The normalized spacial score (nSPS) is 11.9. The maximum atomic E-state index is 10.7. The Morgan fingerprint density at radius 3 is 2.00 bits per heavy atom. The number of hydrogen-bond donors (Lipinski definition) is 1. The molecule has 1 atom stereocenters. The van der Waals surface area contributed by atoms with Gasteiger partial charge in [-0.25, -0.2) is 0 Å². The summed E-state index contributed by atoms with van der Waals surface area (Å²) in [7, 11) is 0. The molecule has 3 heteroatoms. The summed E-state index contributed by atoms with van der Waals surface area (Å²) in [5, 5.41) is 8.85. The smallest absolute Gasteiger partial charge is 1.00 e. The minimum Gasteiger partial charge on any atom is -1.00 e. The molecule has 0 aliphatic rings. The quantitative estimate of drug-likeness (QED) is 0.461. The second-order valence-corrected chi connectivity index (χ2v) is 4.35. The van der Waals surface area contributed by atoms with Gasteiger partial charge in [-0.2, -0.15) is 0 Å². The Labute approximate surface area is 124 Å². The number of carboxylic acid groups (broad SMARTS) is 1. The zero-order valence-electron chi connectivity index (χ0n) is 12.3. The van der Waals surface area contributed by atoms with Gasteiger partial charge >= 0.3 is 35.5 Å². The van der Waals surface area contributed by atoms with Crippen molar-refractivity contribution in [3.63, 3.8) is 0 Å². The van der Waals surface area contributed by atoms with Crippen molar-refractivity contribution in [1.29, 1.82) is 0 Å². The van der Waals surface area contributed by atoms with Crippen molar-refractivity contribution in [3.8, 4) is 0 Å².